The van der Waals surface area contributed by atoms with Crippen molar-refractivity contribution in [2.45, 2.75) is 19.8 Å². The predicted molar refractivity (Wildman–Crippen MR) is 76.1 cm³/mol. The first-order valence-corrected chi connectivity index (χ1v) is 6.87. The largest absolute Gasteiger partial charge is 0.478 e. The Balaban J connectivity index is 2.19. The Labute approximate surface area is 117 Å². The molecule has 3 heterocycles. The highest BCUT2D eigenvalue weighted by Gasteiger charge is 2.25. The van der Waals surface area contributed by atoms with Crippen molar-refractivity contribution in [3.8, 4) is 0 Å². The first kappa shape index (κ1) is 12.9. The number of aromatic carboxylic acids is 1. The summed E-state index contributed by atoms with van der Waals surface area (Å²) in [4.78, 5) is 17.9. The van der Waals surface area contributed by atoms with E-state index in [0.29, 0.717) is 5.92 Å². The summed E-state index contributed by atoms with van der Waals surface area (Å²) in [6, 6.07) is 0. The van der Waals surface area contributed by atoms with E-state index in [4.69, 9.17) is 0 Å². The molecule has 1 aliphatic rings. The zero-order valence-electron chi connectivity index (χ0n) is 11.7. The van der Waals surface area contributed by atoms with Crippen molar-refractivity contribution in [1.29, 1.82) is 0 Å². The van der Waals surface area contributed by atoms with Crippen LogP contribution in [0.15, 0.2) is 12.4 Å². The third kappa shape index (κ3) is 2.01. The van der Waals surface area contributed by atoms with E-state index in [1.54, 1.807) is 10.9 Å². The van der Waals surface area contributed by atoms with Gasteiger partial charge in [0.25, 0.3) is 0 Å². The minimum Gasteiger partial charge on any atom is -0.478 e. The number of aromatic nitrogens is 3. The summed E-state index contributed by atoms with van der Waals surface area (Å²) < 4.78 is 1.68. The van der Waals surface area contributed by atoms with Gasteiger partial charge in [-0.1, -0.05) is 6.92 Å². The Bertz CT molecular complexity index is 664. The van der Waals surface area contributed by atoms with Crippen molar-refractivity contribution >= 4 is 22.7 Å². The molecule has 20 heavy (non-hydrogen) atoms. The Hall–Kier alpha value is -2.11. The van der Waals surface area contributed by atoms with Gasteiger partial charge in [0.1, 0.15) is 5.56 Å². The summed E-state index contributed by atoms with van der Waals surface area (Å²) >= 11 is 0. The van der Waals surface area contributed by atoms with Crippen molar-refractivity contribution in [3.63, 3.8) is 0 Å². The number of nitrogens with zero attached hydrogens (tertiary/aromatic N) is 4. The van der Waals surface area contributed by atoms with Crippen LogP contribution < -0.4 is 4.90 Å². The van der Waals surface area contributed by atoms with Gasteiger partial charge in [0.2, 0.25) is 0 Å². The number of fused-ring (bicyclic) bond motifs is 1. The van der Waals surface area contributed by atoms with Crippen LogP contribution >= 0.6 is 0 Å². The van der Waals surface area contributed by atoms with Crippen molar-refractivity contribution in [2.24, 2.45) is 13.0 Å². The Kier molecular flexibility index (Phi) is 3.08. The zero-order chi connectivity index (χ0) is 14.3. The molecule has 1 N–H and O–H groups in total. The van der Waals surface area contributed by atoms with Crippen LogP contribution in [0, 0.1) is 5.92 Å². The quantitative estimate of drug-likeness (QED) is 0.905. The lowest BCUT2D eigenvalue weighted by Gasteiger charge is -2.33. The Morgan fingerprint density at radius 2 is 2.25 bits per heavy atom. The molecule has 2 aromatic heterocycles. The average Bonchev–Trinajstić information content (AvgIpc) is 2.79. The molecule has 0 spiro atoms. The zero-order valence-corrected chi connectivity index (χ0v) is 11.7. The summed E-state index contributed by atoms with van der Waals surface area (Å²) in [6.45, 7) is 3.97. The monoisotopic (exact) mass is 274 g/mol. The lowest BCUT2D eigenvalue weighted by atomic mass is 9.98. The first-order valence-electron chi connectivity index (χ1n) is 6.87. The maximum Gasteiger partial charge on any atom is 0.339 e. The number of pyridine rings is 1. The third-order valence-corrected chi connectivity index (χ3v) is 3.94. The fourth-order valence-corrected chi connectivity index (χ4v) is 2.97. The maximum atomic E-state index is 11.5. The van der Waals surface area contributed by atoms with E-state index in [9.17, 15) is 9.90 Å². The van der Waals surface area contributed by atoms with Crippen LogP contribution in [0.3, 0.4) is 0 Å². The SMILES string of the molecule is CC1CCCN(c2c(C(=O)O)cnc3c2cnn3C)C1. The van der Waals surface area contributed by atoms with Crippen LogP contribution in [-0.4, -0.2) is 38.9 Å². The molecule has 1 aliphatic heterocycles. The van der Waals surface area contributed by atoms with E-state index < -0.39 is 5.97 Å². The van der Waals surface area contributed by atoms with E-state index in [0.717, 1.165) is 36.2 Å². The van der Waals surface area contributed by atoms with E-state index in [-0.39, 0.29) is 5.56 Å². The fraction of sp³-hybridized carbons (Fsp3) is 0.500. The average molecular weight is 274 g/mol. The number of carboxylic acid groups (broad SMARTS) is 1. The molecular weight excluding hydrogens is 256 g/mol. The van der Waals surface area contributed by atoms with Gasteiger partial charge in [0, 0.05) is 26.3 Å². The van der Waals surface area contributed by atoms with E-state index in [2.05, 4.69) is 21.9 Å². The van der Waals surface area contributed by atoms with Gasteiger partial charge in [-0.2, -0.15) is 5.10 Å². The molecular formula is C14H18N4O2. The summed E-state index contributed by atoms with van der Waals surface area (Å²) in [5.41, 5.74) is 1.75. The number of aryl methyl sites for hydroxylation is 1. The number of hydrogen-bond donors (Lipinski definition) is 1. The van der Waals surface area contributed by atoms with Gasteiger partial charge in [-0.15, -0.1) is 0 Å². The second-order valence-corrected chi connectivity index (χ2v) is 5.52. The highest BCUT2D eigenvalue weighted by molar-refractivity contribution is 6.03. The van der Waals surface area contributed by atoms with Crippen molar-refractivity contribution < 1.29 is 9.90 Å². The van der Waals surface area contributed by atoms with Crippen LogP contribution in [0.5, 0.6) is 0 Å². The number of piperidine rings is 1. The highest BCUT2D eigenvalue weighted by atomic mass is 16.4. The van der Waals surface area contributed by atoms with Crippen molar-refractivity contribution in [1.82, 2.24) is 14.8 Å². The van der Waals surface area contributed by atoms with Gasteiger partial charge < -0.3 is 10.0 Å². The molecule has 0 amide bonds. The van der Waals surface area contributed by atoms with Gasteiger partial charge in [-0.3, -0.25) is 4.68 Å². The molecule has 0 aliphatic carbocycles. The van der Waals surface area contributed by atoms with Crippen LogP contribution in [-0.2, 0) is 7.05 Å². The van der Waals surface area contributed by atoms with Crippen LogP contribution in [0.4, 0.5) is 5.69 Å². The second-order valence-electron chi connectivity index (χ2n) is 5.52. The third-order valence-electron chi connectivity index (χ3n) is 3.94. The molecule has 1 saturated heterocycles. The molecule has 106 valence electrons. The van der Waals surface area contributed by atoms with Gasteiger partial charge in [-0.05, 0) is 18.8 Å². The minimum atomic E-state index is -0.934. The number of anilines is 1. The minimum absolute atomic E-state index is 0.264. The number of hydrogen-bond acceptors (Lipinski definition) is 4. The Morgan fingerprint density at radius 3 is 2.95 bits per heavy atom. The molecule has 0 radical (unpaired) electrons. The number of rotatable bonds is 2. The van der Waals surface area contributed by atoms with Crippen LogP contribution in [0.2, 0.25) is 0 Å². The van der Waals surface area contributed by atoms with Gasteiger partial charge in [-0.25, -0.2) is 9.78 Å². The Morgan fingerprint density at radius 1 is 1.45 bits per heavy atom. The van der Waals surface area contributed by atoms with Crippen LogP contribution in [0.25, 0.3) is 11.0 Å². The molecule has 2 aromatic rings. The molecule has 1 unspecified atom stereocenters. The molecule has 0 saturated carbocycles. The summed E-state index contributed by atoms with van der Waals surface area (Å²) in [5.74, 6) is -0.359. The highest BCUT2D eigenvalue weighted by Crippen LogP contribution is 2.32. The van der Waals surface area contributed by atoms with E-state index in [1.165, 1.54) is 12.6 Å². The molecule has 6 nitrogen and oxygen atoms in total. The molecule has 0 bridgehead atoms. The summed E-state index contributed by atoms with van der Waals surface area (Å²) in [5, 5.41) is 14.5. The smallest absolute Gasteiger partial charge is 0.339 e. The van der Waals surface area contributed by atoms with Crippen molar-refractivity contribution in [2.75, 3.05) is 18.0 Å². The molecule has 1 atom stereocenters. The molecule has 3 rings (SSSR count). The van der Waals surface area contributed by atoms with E-state index >= 15 is 0 Å². The van der Waals surface area contributed by atoms with E-state index in [1.807, 2.05) is 7.05 Å². The standard InChI is InChI=1S/C14H18N4O2/c1-9-4-3-5-18(8-9)12-10-7-16-17(2)13(10)15-6-11(12)14(19)20/h6-7,9H,3-5,8H2,1-2H3,(H,19,20). The topological polar surface area (TPSA) is 71.2 Å². The van der Waals surface area contributed by atoms with Gasteiger partial charge in [0.05, 0.1) is 17.3 Å². The summed E-state index contributed by atoms with van der Waals surface area (Å²) in [6.07, 6.45) is 5.44. The number of carbonyl (C=O) groups is 1. The number of carboxylic acids is 1. The van der Waals surface area contributed by atoms with Crippen LogP contribution in [0.1, 0.15) is 30.1 Å². The molecule has 1 fully saturated rings. The maximum absolute atomic E-state index is 11.5. The lowest BCUT2D eigenvalue weighted by Crippen LogP contribution is -2.35. The molecule has 0 aromatic carbocycles. The first-order chi connectivity index (χ1) is 9.58. The lowest BCUT2D eigenvalue weighted by molar-refractivity contribution is 0.0697. The van der Waals surface area contributed by atoms with Crippen molar-refractivity contribution in [3.05, 3.63) is 18.0 Å². The normalized spacial score (nSPS) is 19.5. The second kappa shape index (κ2) is 4.77. The predicted octanol–water partition coefficient (Wildman–Crippen LogP) is 1.90. The summed E-state index contributed by atoms with van der Waals surface area (Å²) in [7, 11) is 1.82. The van der Waals surface area contributed by atoms with Gasteiger partial charge >= 0.3 is 5.97 Å². The fourth-order valence-electron chi connectivity index (χ4n) is 2.97. The van der Waals surface area contributed by atoms with Gasteiger partial charge in [0.15, 0.2) is 5.65 Å². The molecule has 6 heteroatoms.